The van der Waals surface area contributed by atoms with Crippen LogP contribution in [0.4, 0.5) is 17.1 Å². The van der Waals surface area contributed by atoms with Gasteiger partial charge in [0.1, 0.15) is 0 Å². The third-order valence-corrected chi connectivity index (χ3v) is 14.7. The zero-order chi connectivity index (χ0) is 49.9. The van der Waals surface area contributed by atoms with Crippen molar-refractivity contribution < 1.29 is 0 Å². The fraction of sp³-hybridized carbons (Fsp3) is 0. The Hall–Kier alpha value is -9.82. The van der Waals surface area contributed by atoms with Crippen molar-refractivity contribution in [2.45, 2.75) is 0 Å². The molecule has 0 spiro atoms. The highest BCUT2D eigenvalue weighted by Crippen LogP contribution is 2.48. The highest BCUT2D eigenvalue weighted by atomic mass is 15.1. The van der Waals surface area contributed by atoms with Crippen LogP contribution in [0.1, 0.15) is 0 Å². The summed E-state index contributed by atoms with van der Waals surface area (Å²) in [4.78, 5) is 2.40. The fourth-order valence-corrected chi connectivity index (χ4v) is 11.2. The van der Waals surface area contributed by atoms with E-state index in [-0.39, 0.29) is 0 Å². The molecule has 0 N–H and O–H groups in total. The van der Waals surface area contributed by atoms with Crippen molar-refractivity contribution in [1.29, 1.82) is 0 Å². The Morgan fingerprint density at radius 3 is 1.03 bits per heavy atom. The van der Waals surface area contributed by atoms with Crippen molar-refractivity contribution in [3.8, 4) is 89.0 Å². The molecule has 1 heteroatoms. The van der Waals surface area contributed by atoms with Crippen LogP contribution in [0.15, 0.2) is 309 Å². The molecule has 0 aliphatic rings. The predicted octanol–water partition coefficient (Wildman–Crippen LogP) is 20.8. The number of fused-ring (bicyclic) bond motifs is 3. The highest BCUT2D eigenvalue weighted by molar-refractivity contribution is 6.25. The summed E-state index contributed by atoms with van der Waals surface area (Å²) in [6.45, 7) is 0. The monoisotopic (exact) mass is 953 g/mol. The largest absolute Gasteiger partial charge is 0.310 e. The third-order valence-electron chi connectivity index (χ3n) is 14.7. The molecule has 13 rings (SSSR count). The minimum atomic E-state index is 1.07. The summed E-state index contributed by atoms with van der Waals surface area (Å²) in [5.41, 5.74) is 22.4. The second-order valence-electron chi connectivity index (χ2n) is 19.1. The van der Waals surface area contributed by atoms with E-state index < -0.39 is 0 Å². The Balaban J connectivity index is 0.961. The third kappa shape index (κ3) is 8.67. The van der Waals surface area contributed by atoms with Crippen LogP contribution < -0.4 is 4.90 Å². The van der Waals surface area contributed by atoms with E-state index in [0.717, 1.165) is 28.2 Å². The first-order valence-corrected chi connectivity index (χ1v) is 25.8. The van der Waals surface area contributed by atoms with E-state index in [1.54, 1.807) is 0 Å². The molecule has 0 aliphatic carbocycles. The molecule has 1 nitrogen and oxygen atoms in total. The number of anilines is 3. The van der Waals surface area contributed by atoms with E-state index in [9.17, 15) is 0 Å². The lowest BCUT2D eigenvalue weighted by Gasteiger charge is -2.27. The van der Waals surface area contributed by atoms with Gasteiger partial charge in [-0.1, -0.05) is 267 Å². The normalized spacial score (nSPS) is 11.2. The van der Waals surface area contributed by atoms with E-state index in [4.69, 9.17) is 0 Å². The molecule has 0 aromatic heterocycles. The highest BCUT2D eigenvalue weighted by Gasteiger charge is 2.22. The van der Waals surface area contributed by atoms with Gasteiger partial charge in [0, 0.05) is 17.1 Å². The molecular formula is C74H51N. The zero-order valence-corrected chi connectivity index (χ0v) is 41.4. The maximum atomic E-state index is 2.40. The molecule has 0 saturated heterocycles. The first-order valence-electron chi connectivity index (χ1n) is 25.8. The van der Waals surface area contributed by atoms with Gasteiger partial charge in [0.15, 0.2) is 0 Å². The first kappa shape index (κ1) is 45.1. The molecule has 0 atom stereocenters. The van der Waals surface area contributed by atoms with Crippen molar-refractivity contribution in [2.75, 3.05) is 4.90 Å². The van der Waals surface area contributed by atoms with Crippen LogP contribution in [0.2, 0.25) is 0 Å². The second kappa shape index (κ2) is 20.0. The number of hydrogen-bond acceptors (Lipinski definition) is 1. The lowest BCUT2D eigenvalue weighted by Crippen LogP contribution is -2.10. The van der Waals surface area contributed by atoms with Crippen molar-refractivity contribution in [3.05, 3.63) is 309 Å². The van der Waals surface area contributed by atoms with E-state index in [1.165, 1.54) is 99.4 Å². The molecule has 0 radical (unpaired) electrons. The smallest absolute Gasteiger partial charge is 0.0468 e. The molecule has 0 unspecified atom stereocenters. The Kier molecular flexibility index (Phi) is 12.0. The van der Waals surface area contributed by atoms with Crippen LogP contribution in [0.25, 0.3) is 111 Å². The predicted molar refractivity (Wildman–Crippen MR) is 320 cm³/mol. The van der Waals surface area contributed by atoms with Gasteiger partial charge in [-0.25, -0.2) is 0 Å². The van der Waals surface area contributed by atoms with Crippen LogP contribution in [0, 0.1) is 0 Å². The van der Waals surface area contributed by atoms with Gasteiger partial charge in [0.2, 0.25) is 0 Å². The Labute approximate surface area is 439 Å². The standard InChI is InChI=1S/C74H51N/c1-7-22-53(23-8-1)64-48-42-60(50-70(64)55-26-11-3-12-27-55)52-38-43-61(44-39-52)75(63-47-49-65(54-24-9-2-10-25-54)71(51-63)56-28-13-4-14-29-56)62-45-40-57(41-46-62)66-36-21-37-69-73(59-32-17-6-18-33-59)72(58-30-15-5-16-31-58)67-34-19-20-35-68(67)74(66)69/h1-51H. The van der Waals surface area contributed by atoms with Gasteiger partial charge < -0.3 is 4.90 Å². The minimum Gasteiger partial charge on any atom is -0.310 e. The molecule has 75 heavy (non-hydrogen) atoms. The van der Waals surface area contributed by atoms with Crippen LogP contribution >= 0.6 is 0 Å². The van der Waals surface area contributed by atoms with Crippen molar-refractivity contribution in [3.63, 3.8) is 0 Å². The number of benzene rings is 13. The molecule has 13 aromatic rings. The molecular weight excluding hydrogens is 903 g/mol. The zero-order valence-electron chi connectivity index (χ0n) is 41.4. The Morgan fingerprint density at radius 1 is 0.173 bits per heavy atom. The molecule has 13 aromatic carbocycles. The van der Waals surface area contributed by atoms with Gasteiger partial charge in [-0.3, -0.25) is 0 Å². The maximum absolute atomic E-state index is 2.40. The van der Waals surface area contributed by atoms with Gasteiger partial charge in [-0.2, -0.15) is 0 Å². The van der Waals surface area contributed by atoms with Crippen molar-refractivity contribution in [2.24, 2.45) is 0 Å². The summed E-state index contributed by atoms with van der Waals surface area (Å²) in [6, 6.07) is 113. The van der Waals surface area contributed by atoms with Gasteiger partial charge in [-0.15, -0.1) is 0 Å². The van der Waals surface area contributed by atoms with Crippen LogP contribution in [0.3, 0.4) is 0 Å². The van der Waals surface area contributed by atoms with Gasteiger partial charge in [-0.05, 0) is 153 Å². The second-order valence-corrected chi connectivity index (χ2v) is 19.1. The number of nitrogens with zero attached hydrogens (tertiary/aromatic N) is 1. The molecule has 0 aliphatic heterocycles. The maximum Gasteiger partial charge on any atom is 0.0468 e. The molecule has 0 saturated carbocycles. The summed E-state index contributed by atoms with van der Waals surface area (Å²) in [5.74, 6) is 0. The van der Waals surface area contributed by atoms with E-state index in [1.807, 2.05) is 0 Å². The average Bonchev–Trinajstić information content (AvgIpc) is 3.52. The molecule has 0 bridgehead atoms. The lowest BCUT2D eigenvalue weighted by atomic mass is 9.83. The van der Waals surface area contributed by atoms with Gasteiger partial charge >= 0.3 is 0 Å². The Morgan fingerprint density at radius 2 is 0.520 bits per heavy atom. The average molecular weight is 954 g/mol. The number of rotatable bonds is 11. The summed E-state index contributed by atoms with van der Waals surface area (Å²) >= 11 is 0. The molecule has 352 valence electrons. The Bertz CT molecular complexity index is 4100. The van der Waals surface area contributed by atoms with Gasteiger partial charge in [0.25, 0.3) is 0 Å². The van der Waals surface area contributed by atoms with E-state index in [0.29, 0.717) is 0 Å². The molecule has 0 heterocycles. The quantitative estimate of drug-likeness (QED) is 0.117. The minimum absolute atomic E-state index is 1.07. The van der Waals surface area contributed by atoms with Crippen molar-refractivity contribution >= 4 is 38.6 Å². The van der Waals surface area contributed by atoms with Crippen LogP contribution in [-0.4, -0.2) is 0 Å². The van der Waals surface area contributed by atoms with E-state index in [2.05, 4.69) is 314 Å². The van der Waals surface area contributed by atoms with E-state index >= 15 is 0 Å². The summed E-state index contributed by atoms with van der Waals surface area (Å²) in [6.07, 6.45) is 0. The number of hydrogen-bond donors (Lipinski definition) is 0. The lowest BCUT2D eigenvalue weighted by molar-refractivity contribution is 1.28. The topological polar surface area (TPSA) is 3.24 Å². The SMILES string of the molecule is c1ccc(-c2ccc(-c3ccc(N(c4ccc(-c5cccc6c(-c7ccccc7)c(-c7ccccc7)c7ccccc7c56)cc4)c4ccc(-c5ccccc5)c(-c5ccccc5)c4)cc3)cc2-c2ccccc2)cc1. The molecule has 0 fully saturated rings. The van der Waals surface area contributed by atoms with Gasteiger partial charge in [0.05, 0.1) is 0 Å². The summed E-state index contributed by atoms with van der Waals surface area (Å²) in [7, 11) is 0. The van der Waals surface area contributed by atoms with Crippen molar-refractivity contribution in [1.82, 2.24) is 0 Å². The van der Waals surface area contributed by atoms with Crippen LogP contribution in [-0.2, 0) is 0 Å². The molecule has 0 amide bonds. The summed E-state index contributed by atoms with van der Waals surface area (Å²) in [5, 5.41) is 4.97. The fourth-order valence-electron chi connectivity index (χ4n) is 11.2. The van der Waals surface area contributed by atoms with Crippen LogP contribution in [0.5, 0.6) is 0 Å². The first-order chi connectivity index (χ1) is 37.2. The summed E-state index contributed by atoms with van der Waals surface area (Å²) < 4.78 is 0.